The van der Waals surface area contributed by atoms with Crippen LogP contribution in [0.15, 0.2) is 33.5 Å². The van der Waals surface area contributed by atoms with Crippen LogP contribution in [-0.4, -0.2) is 14.8 Å². The summed E-state index contributed by atoms with van der Waals surface area (Å²) in [6.07, 6.45) is 1.69. The van der Waals surface area contributed by atoms with Gasteiger partial charge in [-0.3, -0.25) is 0 Å². The van der Waals surface area contributed by atoms with Crippen LogP contribution in [0.1, 0.15) is 5.82 Å². The van der Waals surface area contributed by atoms with Crippen molar-refractivity contribution in [2.75, 3.05) is 5.32 Å². The first-order valence-corrected chi connectivity index (χ1v) is 6.27. The van der Waals surface area contributed by atoms with Crippen LogP contribution in [0.5, 0.6) is 0 Å². The van der Waals surface area contributed by atoms with E-state index in [1.54, 1.807) is 6.33 Å². The number of nitrogens with zero attached hydrogens (tertiary/aromatic N) is 3. The topological polar surface area (TPSA) is 42.7 Å². The Kier molecular flexibility index (Phi) is 3.60. The van der Waals surface area contributed by atoms with Crippen molar-refractivity contribution >= 4 is 37.5 Å². The van der Waals surface area contributed by atoms with Crippen molar-refractivity contribution in [2.24, 2.45) is 7.05 Å². The number of anilines is 1. The van der Waals surface area contributed by atoms with E-state index in [1.165, 1.54) is 0 Å². The Labute approximate surface area is 110 Å². The molecule has 4 nitrogen and oxygen atoms in total. The van der Waals surface area contributed by atoms with Crippen molar-refractivity contribution < 1.29 is 0 Å². The minimum atomic E-state index is 0.644. The van der Waals surface area contributed by atoms with E-state index in [-0.39, 0.29) is 0 Å². The summed E-state index contributed by atoms with van der Waals surface area (Å²) in [5.74, 6) is 0.895. The van der Waals surface area contributed by atoms with Crippen molar-refractivity contribution in [3.63, 3.8) is 0 Å². The molecule has 6 heteroatoms. The molecule has 0 saturated heterocycles. The number of nitrogens with one attached hydrogen (secondary N) is 1. The lowest BCUT2D eigenvalue weighted by molar-refractivity contribution is 0.812. The van der Waals surface area contributed by atoms with E-state index in [0.717, 1.165) is 20.5 Å². The highest BCUT2D eigenvalue weighted by Gasteiger charge is 2.03. The number of halogens is 2. The van der Waals surface area contributed by atoms with Gasteiger partial charge >= 0.3 is 0 Å². The molecule has 0 unspecified atom stereocenters. The number of hydrogen-bond donors (Lipinski definition) is 1. The van der Waals surface area contributed by atoms with E-state index in [4.69, 9.17) is 0 Å². The summed E-state index contributed by atoms with van der Waals surface area (Å²) in [5.41, 5.74) is 1.03. The zero-order chi connectivity index (χ0) is 11.5. The van der Waals surface area contributed by atoms with Gasteiger partial charge in [-0.1, -0.05) is 15.9 Å². The minimum Gasteiger partial charge on any atom is -0.377 e. The third-order valence-corrected chi connectivity index (χ3v) is 3.36. The Morgan fingerprint density at radius 1 is 1.38 bits per heavy atom. The van der Waals surface area contributed by atoms with Gasteiger partial charge in [-0.2, -0.15) is 0 Å². The first-order valence-electron chi connectivity index (χ1n) is 4.68. The molecule has 84 valence electrons. The van der Waals surface area contributed by atoms with Crippen molar-refractivity contribution in [1.29, 1.82) is 0 Å². The minimum absolute atomic E-state index is 0.644. The molecule has 0 radical (unpaired) electrons. The van der Waals surface area contributed by atoms with Crippen molar-refractivity contribution in [3.05, 3.63) is 39.3 Å². The molecule has 0 aliphatic heterocycles. The van der Waals surface area contributed by atoms with Gasteiger partial charge in [-0.25, -0.2) is 0 Å². The van der Waals surface area contributed by atoms with E-state index >= 15 is 0 Å². The standard InChI is InChI=1S/C10H10Br2N4/c1-16-6-14-15-10(16)5-13-9-4-7(11)2-3-8(9)12/h2-4,6,13H,5H2,1H3. The number of hydrogen-bond acceptors (Lipinski definition) is 3. The van der Waals surface area contributed by atoms with Gasteiger partial charge in [0.1, 0.15) is 6.33 Å². The molecular weight excluding hydrogens is 336 g/mol. The summed E-state index contributed by atoms with van der Waals surface area (Å²) in [7, 11) is 1.92. The summed E-state index contributed by atoms with van der Waals surface area (Å²) < 4.78 is 3.95. The third-order valence-electron chi connectivity index (χ3n) is 2.17. The zero-order valence-corrected chi connectivity index (χ0v) is 11.8. The summed E-state index contributed by atoms with van der Waals surface area (Å²) in [5, 5.41) is 11.1. The fourth-order valence-corrected chi connectivity index (χ4v) is 2.02. The molecule has 2 rings (SSSR count). The molecule has 0 bridgehead atoms. The third kappa shape index (κ3) is 2.62. The van der Waals surface area contributed by atoms with Gasteiger partial charge in [0.2, 0.25) is 0 Å². The molecule has 0 aliphatic rings. The Hall–Kier alpha value is -0.880. The van der Waals surface area contributed by atoms with Crippen LogP contribution in [0, 0.1) is 0 Å². The van der Waals surface area contributed by atoms with Crippen LogP contribution in [0.4, 0.5) is 5.69 Å². The van der Waals surface area contributed by atoms with Crippen LogP contribution in [0.3, 0.4) is 0 Å². The monoisotopic (exact) mass is 344 g/mol. The summed E-state index contributed by atoms with van der Waals surface area (Å²) in [6, 6.07) is 5.99. The van der Waals surface area contributed by atoms with Crippen LogP contribution < -0.4 is 5.32 Å². The fourth-order valence-electron chi connectivity index (χ4n) is 1.27. The molecule has 16 heavy (non-hydrogen) atoms. The zero-order valence-electron chi connectivity index (χ0n) is 8.61. The molecule has 1 heterocycles. The Balaban J connectivity index is 2.10. The number of rotatable bonds is 3. The van der Waals surface area contributed by atoms with Gasteiger partial charge in [0.05, 0.1) is 6.54 Å². The number of aromatic nitrogens is 3. The fraction of sp³-hybridized carbons (Fsp3) is 0.200. The predicted molar refractivity (Wildman–Crippen MR) is 70.2 cm³/mol. The Morgan fingerprint density at radius 2 is 2.19 bits per heavy atom. The molecule has 0 saturated carbocycles. The van der Waals surface area contributed by atoms with Crippen LogP contribution >= 0.6 is 31.9 Å². The smallest absolute Gasteiger partial charge is 0.151 e. The largest absolute Gasteiger partial charge is 0.377 e. The number of aryl methyl sites for hydroxylation is 1. The summed E-state index contributed by atoms with van der Waals surface area (Å²) in [6.45, 7) is 0.644. The first-order chi connectivity index (χ1) is 7.66. The molecule has 0 fully saturated rings. The van der Waals surface area contributed by atoms with Crippen molar-refractivity contribution in [1.82, 2.24) is 14.8 Å². The quantitative estimate of drug-likeness (QED) is 0.930. The maximum absolute atomic E-state index is 4.01. The van der Waals surface area contributed by atoms with E-state index in [9.17, 15) is 0 Å². The van der Waals surface area contributed by atoms with Crippen molar-refractivity contribution in [2.45, 2.75) is 6.54 Å². The van der Waals surface area contributed by atoms with Crippen molar-refractivity contribution in [3.8, 4) is 0 Å². The molecule has 1 aromatic carbocycles. The second-order valence-electron chi connectivity index (χ2n) is 3.34. The van der Waals surface area contributed by atoms with Crippen LogP contribution in [0.2, 0.25) is 0 Å². The average molecular weight is 346 g/mol. The van der Waals surface area contributed by atoms with Crippen LogP contribution in [-0.2, 0) is 13.6 Å². The van der Waals surface area contributed by atoms with E-state index in [1.807, 2.05) is 29.8 Å². The highest BCUT2D eigenvalue weighted by molar-refractivity contribution is 9.11. The van der Waals surface area contributed by atoms with E-state index in [0.29, 0.717) is 6.54 Å². The van der Waals surface area contributed by atoms with E-state index < -0.39 is 0 Å². The molecular formula is C10H10Br2N4. The lowest BCUT2D eigenvalue weighted by Crippen LogP contribution is -2.06. The lowest BCUT2D eigenvalue weighted by atomic mass is 10.3. The van der Waals surface area contributed by atoms with Gasteiger partial charge < -0.3 is 9.88 Å². The van der Waals surface area contributed by atoms with E-state index in [2.05, 4.69) is 47.4 Å². The van der Waals surface area contributed by atoms with Crippen LogP contribution in [0.25, 0.3) is 0 Å². The molecule has 1 N–H and O–H groups in total. The Morgan fingerprint density at radius 3 is 2.88 bits per heavy atom. The van der Waals surface area contributed by atoms with Gasteiger partial charge in [-0.05, 0) is 34.1 Å². The molecule has 0 amide bonds. The lowest BCUT2D eigenvalue weighted by Gasteiger charge is -2.08. The highest BCUT2D eigenvalue weighted by Crippen LogP contribution is 2.26. The predicted octanol–water partition coefficient (Wildman–Crippen LogP) is 2.95. The molecule has 0 aliphatic carbocycles. The second-order valence-corrected chi connectivity index (χ2v) is 5.11. The van der Waals surface area contributed by atoms with Gasteiger partial charge in [0.15, 0.2) is 5.82 Å². The number of benzene rings is 1. The maximum atomic E-state index is 4.01. The van der Waals surface area contributed by atoms with Gasteiger partial charge in [0, 0.05) is 21.7 Å². The second kappa shape index (κ2) is 4.97. The highest BCUT2D eigenvalue weighted by atomic mass is 79.9. The average Bonchev–Trinajstić information content (AvgIpc) is 2.66. The summed E-state index contributed by atoms with van der Waals surface area (Å²) in [4.78, 5) is 0. The molecule has 2 aromatic rings. The first kappa shape index (κ1) is 11.6. The molecule has 0 atom stereocenters. The maximum Gasteiger partial charge on any atom is 0.151 e. The molecule has 0 spiro atoms. The summed E-state index contributed by atoms with van der Waals surface area (Å²) >= 11 is 6.92. The Bertz CT molecular complexity index is 495. The normalized spacial score (nSPS) is 10.4. The van der Waals surface area contributed by atoms with Gasteiger partial charge in [0.25, 0.3) is 0 Å². The molecule has 1 aromatic heterocycles. The SMILES string of the molecule is Cn1cnnc1CNc1cc(Br)ccc1Br. The van der Waals surface area contributed by atoms with Gasteiger partial charge in [-0.15, -0.1) is 10.2 Å².